The molecule has 0 aliphatic heterocycles. The highest BCUT2D eigenvalue weighted by Gasteiger charge is 2.14. The fraction of sp³-hybridized carbons (Fsp3) is 0.364. The summed E-state index contributed by atoms with van der Waals surface area (Å²) in [6.07, 6.45) is 0. The lowest BCUT2D eigenvalue weighted by molar-refractivity contribution is -0.143. The van der Waals surface area contributed by atoms with Crippen molar-refractivity contribution in [2.45, 2.75) is 11.8 Å². The van der Waals surface area contributed by atoms with Crippen LogP contribution < -0.4 is 5.73 Å². The maximum atomic E-state index is 11.2. The molecule has 1 atom stereocenters. The molecule has 88 valence electrons. The molecule has 1 aromatic rings. The van der Waals surface area contributed by atoms with Gasteiger partial charge in [-0.05, 0) is 18.2 Å². The normalized spacial score (nSPS) is 12.2. The third-order valence-electron chi connectivity index (χ3n) is 2.07. The molecule has 1 unspecified atom stereocenters. The van der Waals surface area contributed by atoms with E-state index in [2.05, 4.69) is 20.7 Å². The van der Waals surface area contributed by atoms with Crippen LogP contribution in [0.25, 0.3) is 0 Å². The standard InChI is InChI=1S/C11H14BrNO2S/c1-7(11(14)15-2)6-16-10-5-8(12)3-4-9(10)13/h3-5,7H,6,13H2,1-2H3. The molecular weight excluding hydrogens is 290 g/mol. The van der Waals surface area contributed by atoms with Gasteiger partial charge in [0, 0.05) is 20.8 Å². The van der Waals surface area contributed by atoms with Gasteiger partial charge < -0.3 is 10.5 Å². The summed E-state index contributed by atoms with van der Waals surface area (Å²) in [5.74, 6) is 0.335. The topological polar surface area (TPSA) is 52.3 Å². The van der Waals surface area contributed by atoms with Crippen molar-refractivity contribution in [3.05, 3.63) is 22.7 Å². The molecule has 0 saturated carbocycles. The van der Waals surface area contributed by atoms with Crippen molar-refractivity contribution in [3.8, 4) is 0 Å². The predicted octanol–water partition coefficient (Wildman–Crippen LogP) is 2.93. The molecule has 0 heterocycles. The Morgan fingerprint density at radius 2 is 2.31 bits per heavy atom. The lowest BCUT2D eigenvalue weighted by Gasteiger charge is -2.10. The van der Waals surface area contributed by atoms with Crippen molar-refractivity contribution >= 4 is 39.3 Å². The Morgan fingerprint density at radius 3 is 2.94 bits per heavy atom. The second kappa shape index (κ2) is 6.15. The molecule has 16 heavy (non-hydrogen) atoms. The Morgan fingerprint density at radius 1 is 1.62 bits per heavy atom. The van der Waals surface area contributed by atoms with Crippen LogP contribution in [0.1, 0.15) is 6.92 Å². The van der Waals surface area contributed by atoms with Crippen LogP contribution in [0.4, 0.5) is 5.69 Å². The summed E-state index contributed by atoms with van der Waals surface area (Å²) >= 11 is 4.94. The van der Waals surface area contributed by atoms with Crippen LogP contribution in [-0.2, 0) is 9.53 Å². The maximum absolute atomic E-state index is 11.2. The largest absolute Gasteiger partial charge is 0.469 e. The van der Waals surface area contributed by atoms with Crippen molar-refractivity contribution < 1.29 is 9.53 Å². The Hall–Kier alpha value is -0.680. The van der Waals surface area contributed by atoms with Gasteiger partial charge in [-0.25, -0.2) is 0 Å². The third-order valence-corrected chi connectivity index (χ3v) is 3.89. The van der Waals surface area contributed by atoms with Crippen LogP contribution in [0.3, 0.4) is 0 Å². The van der Waals surface area contributed by atoms with E-state index < -0.39 is 0 Å². The van der Waals surface area contributed by atoms with Crippen LogP contribution in [0.5, 0.6) is 0 Å². The van der Waals surface area contributed by atoms with Gasteiger partial charge in [-0.3, -0.25) is 4.79 Å². The Bertz CT molecular complexity index is 384. The zero-order valence-corrected chi connectivity index (χ0v) is 11.6. The molecule has 0 saturated heterocycles. The first kappa shape index (κ1) is 13.4. The van der Waals surface area contributed by atoms with Gasteiger partial charge in [-0.15, -0.1) is 11.8 Å². The van der Waals surface area contributed by atoms with Crippen LogP contribution in [0.2, 0.25) is 0 Å². The first-order valence-electron chi connectivity index (χ1n) is 4.80. The third kappa shape index (κ3) is 3.72. The first-order valence-corrected chi connectivity index (χ1v) is 6.58. The lowest BCUT2D eigenvalue weighted by Crippen LogP contribution is -2.14. The van der Waals surface area contributed by atoms with E-state index in [1.807, 2.05) is 25.1 Å². The molecule has 1 aromatic carbocycles. The van der Waals surface area contributed by atoms with Gasteiger partial charge in [-0.1, -0.05) is 22.9 Å². The first-order chi connectivity index (χ1) is 7.54. The summed E-state index contributed by atoms with van der Waals surface area (Å²) in [5.41, 5.74) is 6.55. The minimum Gasteiger partial charge on any atom is -0.469 e. The summed E-state index contributed by atoms with van der Waals surface area (Å²) < 4.78 is 5.64. The van der Waals surface area contributed by atoms with E-state index >= 15 is 0 Å². The van der Waals surface area contributed by atoms with Gasteiger partial charge in [0.05, 0.1) is 13.0 Å². The van der Waals surface area contributed by atoms with Crippen LogP contribution >= 0.6 is 27.7 Å². The highest BCUT2D eigenvalue weighted by Crippen LogP contribution is 2.29. The van der Waals surface area contributed by atoms with Gasteiger partial charge in [0.25, 0.3) is 0 Å². The van der Waals surface area contributed by atoms with Gasteiger partial charge >= 0.3 is 5.97 Å². The molecule has 0 fully saturated rings. The molecule has 5 heteroatoms. The quantitative estimate of drug-likeness (QED) is 0.528. The van der Waals surface area contributed by atoms with Crippen molar-refractivity contribution in [2.75, 3.05) is 18.6 Å². The zero-order valence-electron chi connectivity index (χ0n) is 9.20. The number of thioether (sulfide) groups is 1. The number of esters is 1. The SMILES string of the molecule is COC(=O)C(C)CSc1cc(Br)ccc1N. The van der Waals surface area contributed by atoms with E-state index in [0.29, 0.717) is 5.75 Å². The number of anilines is 1. The van der Waals surface area contributed by atoms with Gasteiger partial charge in [0.2, 0.25) is 0 Å². The van der Waals surface area contributed by atoms with Gasteiger partial charge in [0.15, 0.2) is 0 Å². The molecule has 0 aromatic heterocycles. The number of methoxy groups -OCH3 is 1. The molecule has 2 N–H and O–H groups in total. The average molecular weight is 304 g/mol. The van der Waals surface area contributed by atoms with Gasteiger partial charge in [0.1, 0.15) is 0 Å². The molecule has 3 nitrogen and oxygen atoms in total. The summed E-state index contributed by atoms with van der Waals surface area (Å²) in [6.45, 7) is 1.84. The zero-order chi connectivity index (χ0) is 12.1. The number of nitrogens with two attached hydrogens (primary N) is 1. The summed E-state index contributed by atoms with van der Waals surface area (Å²) in [5, 5.41) is 0. The Labute approximate surface area is 108 Å². The predicted molar refractivity (Wildman–Crippen MR) is 70.5 cm³/mol. The van der Waals surface area contributed by atoms with E-state index in [1.54, 1.807) is 11.8 Å². The minimum absolute atomic E-state index is 0.131. The van der Waals surface area contributed by atoms with E-state index in [-0.39, 0.29) is 11.9 Å². The smallest absolute Gasteiger partial charge is 0.309 e. The van der Waals surface area contributed by atoms with Crippen LogP contribution in [-0.4, -0.2) is 18.8 Å². The Kier molecular flexibility index (Phi) is 5.15. The van der Waals surface area contributed by atoms with Crippen molar-refractivity contribution in [1.29, 1.82) is 0 Å². The van der Waals surface area contributed by atoms with Crippen molar-refractivity contribution in [2.24, 2.45) is 5.92 Å². The number of halogens is 1. The van der Waals surface area contributed by atoms with E-state index in [4.69, 9.17) is 5.73 Å². The van der Waals surface area contributed by atoms with Crippen LogP contribution in [0, 0.1) is 5.92 Å². The number of hydrogen-bond donors (Lipinski definition) is 1. The number of carbonyl (C=O) groups excluding carboxylic acids is 1. The summed E-state index contributed by atoms with van der Waals surface area (Å²) in [4.78, 5) is 12.2. The van der Waals surface area contributed by atoms with Gasteiger partial charge in [-0.2, -0.15) is 0 Å². The van der Waals surface area contributed by atoms with Crippen LogP contribution in [0.15, 0.2) is 27.6 Å². The second-order valence-electron chi connectivity index (χ2n) is 3.42. The minimum atomic E-state index is -0.193. The second-order valence-corrected chi connectivity index (χ2v) is 5.39. The lowest BCUT2D eigenvalue weighted by atomic mass is 10.2. The average Bonchev–Trinajstić information content (AvgIpc) is 2.28. The number of benzene rings is 1. The molecule has 0 spiro atoms. The highest BCUT2D eigenvalue weighted by atomic mass is 79.9. The number of carbonyl (C=O) groups is 1. The summed E-state index contributed by atoms with van der Waals surface area (Å²) in [6, 6.07) is 5.68. The highest BCUT2D eigenvalue weighted by molar-refractivity contribution is 9.10. The summed E-state index contributed by atoms with van der Waals surface area (Å²) in [7, 11) is 1.40. The van der Waals surface area contributed by atoms with Crippen molar-refractivity contribution in [1.82, 2.24) is 0 Å². The number of ether oxygens (including phenoxy) is 1. The van der Waals surface area contributed by atoms with E-state index in [9.17, 15) is 4.79 Å². The van der Waals surface area contributed by atoms with Crippen molar-refractivity contribution in [3.63, 3.8) is 0 Å². The maximum Gasteiger partial charge on any atom is 0.309 e. The molecule has 0 aliphatic rings. The van der Waals surface area contributed by atoms with E-state index in [1.165, 1.54) is 7.11 Å². The number of nitrogen functional groups attached to an aromatic ring is 1. The number of hydrogen-bond acceptors (Lipinski definition) is 4. The Balaban J connectivity index is 2.60. The van der Waals surface area contributed by atoms with E-state index in [0.717, 1.165) is 15.1 Å². The molecular formula is C11H14BrNO2S. The molecule has 1 rings (SSSR count). The molecule has 0 bridgehead atoms. The monoisotopic (exact) mass is 303 g/mol. The number of rotatable bonds is 4. The fourth-order valence-electron chi connectivity index (χ4n) is 1.12. The molecule has 0 aliphatic carbocycles. The molecule has 0 radical (unpaired) electrons. The fourth-order valence-corrected chi connectivity index (χ4v) is 2.64. The molecule has 0 amide bonds.